The van der Waals surface area contributed by atoms with Crippen LogP contribution in [0.5, 0.6) is 0 Å². The molecule has 3 rings (SSSR count). The Morgan fingerprint density at radius 3 is 2.43 bits per heavy atom. The lowest BCUT2D eigenvalue weighted by atomic mass is 10.1. The summed E-state index contributed by atoms with van der Waals surface area (Å²) in [7, 11) is -3.47. The van der Waals surface area contributed by atoms with E-state index in [0.29, 0.717) is 5.69 Å². The lowest BCUT2D eigenvalue weighted by molar-refractivity contribution is 0.0384. The lowest BCUT2D eigenvalue weighted by Gasteiger charge is -2.26. The maximum atomic E-state index is 12.6. The average Bonchev–Trinajstić information content (AvgIpc) is 2.67. The van der Waals surface area contributed by atoms with Crippen molar-refractivity contribution in [3.8, 4) is 0 Å². The highest BCUT2D eigenvalue weighted by molar-refractivity contribution is 7.92. The van der Waals surface area contributed by atoms with Crippen LogP contribution in [0, 0.1) is 0 Å². The smallest absolute Gasteiger partial charge is 0.257 e. The van der Waals surface area contributed by atoms with Crippen LogP contribution in [-0.4, -0.2) is 58.3 Å². The summed E-state index contributed by atoms with van der Waals surface area (Å²) in [6, 6.07) is 14.2. The third kappa shape index (κ3) is 6.05. The Bertz CT molecular complexity index is 907. The number of hydrogen-bond acceptors (Lipinski definition) is 5. The minimum atomic E-state index is -3.47. The van der Waals surface area contributed by atoms with Crippen molar-refractivity contribution in [3.05, 3.63) is 59.7 Å². The third-order valence-corrected chi connectivity index (χ3v) is 5.09. The van der Waals surface area contributed by atoms with Crippen molar-refractivity contribution in [2.24, 2.45) is 0 Å². The first-order valence-electron chi connectivity index (χ1n) is 9.18. The fourth-order valence-corrected chi connectivity index (χ4v) is 3.61. The van der Waals surface area contributed by atoms with Gasteiger partial charge < -0.3 is 10.1 Å². The Morgan fingerprint density at radius 2 is 1.75 bits per heavy atom. The second kappa shape index (κ2) is 9.18. The SMILES string of the molecule is CS(=O)(=O)Nc1ccccc1C(=O)Nc1ccc(CCN2CCOCC2)cc1. The number of rotatable bonds is 7. The summed E-state index contributed by atoms with van der Waals surface area (Å²) >= 11 is 0. The molecule has 0 radical (unpaired) electrons. The van der Waals surface area contributed by atoms with Crippen molar-refractivity contribution in [1.29, 1.82) is 0 Å². The Morgan fingerprint density at radius 1 is 1.07 bits per heavy atom. The zero-order valence-electron chi connectivity index (χ0n) is 15.8. The van der Waals surface area contributed by atoms with Crippen LogP contribution in [0.2, 0.25) is 0 Å². The number of nitrogens with zero attached hydrogens (tertiary/aromatic N) is 1. The number of morpholine rings is 1. The van der Waals surface area contributed by atoms with E-state index in [1.165, 1.54) is 5.56 Å². The van der Waals surface area contributed by atoms with E-state index in [9.17, 15) is 13.2 Å². The molecule has 0 aliphatic carbocycles. The fraction of sp³-hybridized carbons (Fsp3) is 0.350. The van der Waals surface area contributed by atoms with Crippen molar-refractivity contribution in [3.63, 3.8) is 0 Å². The molecule has 2 aromatic rings. The van der Waals surface area contributed by atoms with E-state index in [2.05, 4.69) is 14.9 Å². The van der Waals surface area contributed by atoms with Gasteiger partial charge in [-0.1, -0.05) is 24.3 Å². The monoisotopic (exact) mass is 403 g/mol. The van der Waals surface area contributed by atoms with E-state index in [4.69, 9.17) is 4.74 Å². The maximum Gasteiger partial charge on any atom is 0.257 e. The minimum absolute atomic E-state index is 0.254. The number of amides is 1. The summed E-state index contributed by atoms with van der Waals surface area (Å²) in [6.07, 6.45) is 1.99. The number of hydrogen-bond donors (Lipinski definition) is 2. The predicted molar refractivity (Wildman–Crippen MR) is 110 cm³/mol. The molecule has 0 bridgehead atoms. The third-order valence-electron chi connectivity index (χ3n) is 4.50. The van der Waals surface area contributed by atoms with Gasteiger partial charge in [0.05, 0.1) is 30.7 Å². The van der Waals surface area contributed by atoms with Crippen LogP contribution in [-0.2, 0) is 21.2 Å². The predicted octanol–water partition coefficient (Wildman–Crippen LogP) is 2.19. The molecule has 8 heteroatoms. The molecule has 1 amide bonds. The second-order valence-corrected chi connectivity index (χ2v) is 8.52. The molecule has 0 spiro atoms. The van der Waals surface area contributed by atoms with Crippen LogP contribution < -0.4 is 10.0 Å². The first-order valence-corrected chi connectivity index (χ1v) is 11.1. The summed E-state index contributed by atoms with van der Waals surface area (Å²) in [5.74, 6) is -0.368. The molecule has 0 aromatic heterocycles. The molecule has 1 heterocycles. The van der Waals surface area contributed by atoms with E-state index < -0.39 is 10.0 Å². The van der Waals surface area contributed by atoms with Gasteiger partial charge in [-0.05, 0) is 36.2 Å². The summed E-state index contributed by atoms with van der Waals surface area (Å²) in [4.78, 5) is 15.0. The lowest BCUT2D eigenvalue weighted by Crippen LogP contribution is -2.37. The summed E-state index contributed by atoms with van der Waals surface area (Å²) in [5, 5.41) is 2.82. The number of carbonyl (C=O) groups excluding carboxylic acids is 1. The standard InChI is InChI=1S/C20H25N3O4S/c1-28(25,26)22-19-5-3-2-4-18(19)20(24)21-17-8-6-16(7-9-17)10-11-23-12-14-27-15-13-23/h2-9,22H,10-15H2,1H3,(H,21,24). The zero-order valence-corrected chi connectivity index (χ0v) is 16.7. The molecule has 1 aliphatic heterocycles. The van der Waals surface area contributed by atoms with Crippen molar-refractivity contribution in [1.82, 2.24) is 4.90 Å². The van der Waals surface area contributed by atoms with E-state index >= 15 is 0 Å². The molecule has 2 N–H and O–H groups in total. The Kier molecular flexibility index (Phi) is 6.66. The molecule has 28 heavy (non-hydrogen) atoms. The number of para-hydroxylation sites is 1. The summed E-state index contributed by atoms with van der Waals surface area (Å²) in [6.45, 7) is 4.50. The normalized spacial score (nSPS) is 15.2. The van der Waals surface area contributed by atoms with E-state index in [-0.39, 0.29) is 17.2 Å². The van der Waals surface area contributed by atoms with Crippen LogP contribution in [0.15, 0.2) is 48.5 Å². The van der Waals surface area contributed by atoms with Crippen LogP contribution in [0.3, 0.4) is 0 Å². The Hall–Kier alpha value is -2.42. The maximum absolute atomic E-state index is 12.6. The summed E-state index contributed by atoms with van der Waals surface area (Å²) < 4.78 is 30.7. The van der Waals surface area contributed by atoms with Gasteiger partial charge in [-0.15, -0.1) is 0 Å². The highest BCUT2D eigenvalue weighted by Crippen LogP contribution is 2.19. The van der Waals surface area contributed by atoms with Crippen molar-refractivity contribution >= 4 is 27.3 Å². The molecule has 0 unspecified atom stereocenters. The quantitative estimate of drug-likeness (QED) is 0.740. The number of anilines is 2. The second-order valence-electron chi connectivity index (χ2n) is 6.77. The van der Waals surface area contributed by atoms with E-state index in [0.717, 1.165) is 45.5 Å². The van der Waals surface area contributed by atoms with Gasteiger partial charge >= 0.3 is 0 Å². The Labute approximate surface area is 165 Å². The molecule has 150 valence electrons. The zero-order chi connectivity index (χ0) is 20.0. The largest absolute Gasteiger partial charge is 0.379 e. The van der Waals surface area contributed by atoms with Gasteiger partial charge in [0.15, 0.2) is 0 Å². The molecular formula is C20H25N3O4S. The first-order chi connectivity index (χ1) is 13.4. The minimum Gasteiger partial charge on any atom is -0.379 e. The van der Waals surface area contributed by atoms with Crippen LogP contribution >= 0.6 is 0 Å². The molecule has 1 aliphatic rings. The number of nitrogens with one attached hydrogen (secondary N) is 2. The van der Waals surface area contributed by atoms with Crippen molar-refractivity contribution in [2.75, 3.05) is 49.1 Å². The van der Waals surface area contributed by atoms with Crippen LogP contribution in [0.4, 0.5) is 11.4 Å². The molecule has 1 fully saturated rings. The molecule has 1 saturated heterocycles. The van der Waals surface area contributed by atoms with Gasteiger partial charge in [0.2, 0.25) is 10.0 Å². The van der Waals surface area contributed by atoms with E-state index in [1.807, 2.05) is 24.3 Å². The van der Waals surface area contributed by atoms with Gasteiger partial charge in [0.25, 0.3) is 5.91 Å². The number of ether oxygens (including phenoxy) is 1. The first kappa shape index (κ1) is 20.3. The van der Waals surface area contributed by atoms with E-state index in [1.54, 1.807) is 24.3 Å². The van der Waals surface area contributed by atoms with Crippen molar-refractivity contribution in [2.45, 2.75) is 6.42 Å². The highest BCUT2D eigenvalue weighted by atomic mass is 32.2. The van der Waals surface area contributed by atoms with Gasteiger partial charge in [-0.25, -0.2) is 8.42 Å². The number of benzene rings is 2. The van der Waals surface area contributed by atoms with Gasteiger partial charge in [-0.3, -0.25) is 14.4 Å². The Balaban J connectivity index is 1.60. The molecular weight excluding hydrogens is 378 g/mol. The van der Waals surface area contributed by atoms with Gasteiger partial charge in [0, 0.05) is 25.3 Å². The molecule has 0 saturated carbocycles. The molecule has 7 nitrogen and oxygen atoms in total. The highest BCUT2D eigenvalue weighted by Gasteiger charge is 2.14. The molecule has 0 atom stereocenters. The average molecular weight is 404 g/mol. The number of sulfonamides is 1. The van der Waals surface area contributed by atoms with Crippen LogP contribution in [0.1, 0.15) is 15.9 Å². The molecule has 2 aromatic carbocycles. The topological polar surface area (TPSA) is 87.7 Å². The summed E-state index contributed by atoms with van der Waals surface area (Å²) in [5.41, 5.74) is 2.38. The van der Waals surface area contributed by atoms with Gasteiger partial charge in [0.1, 0.15) is 0 Å². The number of carbonyl (C=O) groups is 1. The fourth-order valence-electron chi connectivity index (χ4n) is 3.04. The van der Waals surface area contributed by atoms with Crippen molar-refractivity contribution < 1.29 is 17.9 Å². The van der Waals surface area contributed by atoms with Crippen LogP contribution in [0.25, 0.3) is 0 Å². The van der Waals surface area contributed by atoms with Gasteiger partial charge in [-0.2, -0.15) is 0 Å².